The quantitative estimate of drug-likeness (QED) is 0.881. The Kier molecular flexibility index (Phi) is 4.82. The van der Waals surface area contributed by atoms with Crippen LogP contribution >= 0.6 is 0 Å². The average molecular weight is 314 g/mol. The van der Waals surface area contributed by atoms with Crippen molar-refractivity contribution in [2.75, 3.05) is 6.54 Å². The van der Waals surface area contributed by atoms with E-state index in [2.05, 4.69) is 13.8 Å². The van der Waals surface area contributed by atoms with E-state index in [0.717, 1.165) is 25.3 Å². The number of carbonyl (C=O) groups is 1. The van der Waals surface area contributed by atoms with E-state index >= 15 is 0 Å². The minimum Gasteiger partial charge on any atom is -0.463 e. The average Bonchev–Trinajstić information content (AvgIpc) is 3.08. The molecule has 122 valence electrons. The Hall–Kier alpha value is -2.07. The molecule has 1 saturated heterocycles. The van der Waals surface area contributed by atoms with Gasteiger partial charge in [0.2, 0.25) is 0 Å². The monoisotopic (exact) mass is 314 g/mol. The predicted octanol–water partition coefficient (Wildman–Crippen LogP) is 2.32. The van der Waals surface area contributed by atoms with Gasteiger partial charge in [-0.3, -0.25) is 0 Å². The lowest BCUT2D eigenvalue weighted by atomic mass is 9.89. The number of hydrogen-bond donors (Lipinski definition) is 1. The van der Waals surface area contributed by atoms with Crippen molar-refractivity contribution in [3.8, 4) is 0 Å². The van der Waals surface area contributed by atoms with Crippen molar-refractivity contribution in [1.29, 1.82) is 0 Å². The lowest BCUT2D eigenvalue weighted by Crippen LogP contribution is -3.16. The normalized spacial score (nSPS) is 27.6. The summed E-state index contributed by atoms with van der Waals surface area (Å²) in [6.07, 6.45) is 2.59. The van der Waals surface area contributed by atoms with Crippen LogP contribution in [0.25, 0.3) is 0 Å². The molecule has 0 spiro atoms. The van der Waals surface area contributed by atoms with E-state index in [1.807, 2.05) is 30.3 Å². The van der Waals surface area contributed by atoms with Gasteiger partial charge in [0.05, 0.1) is 24.4 Å². The van der Waals surface area contributed by atoms with Crippen molar-refractivity contribution >= 4 is 5.97 Å². The van der Waals surface area contributed by atoms with E-state index in [4.69, 9.17) is 9.15 Å². The number of rotatable bonds is 4. The Morgan fingerprint density at radius 3 is 2.70 bits per heavy atom. The number of carbonyl (C=O) groups excluding carboxylic acids is 1. The summed E-state index contributed by atoms with van der Waals surface area (Å²) in [5.74, 6) is 1.12. The Morgan fingerprint density at radius 1 is 1.22 bits per heavy atom. The summed E-state index contributed by atoms with van der Waals surface area (Å²) in [6.45, 7) is 6.27. The van der Waals surface area contributed by atoms with Crippen LogP contribution < -0.4 is 4.90 Å². The maximum atomic E-state index is 12.3. The topological polar surface area (TPSA) is 43.9 Å². The third kappa shape index (κ3) is 3.64. The van der Waals surface area contributed by atoms with Gasteiger partial charge in [-0.15, -0.1) is 0 Å². The summed E-state index contributed by atoms with van der Waals surface area (Å²) in [6, 6.07) is 13.6. The molecule has 2 aromatic rings. The van der Waals surface area contributed by atoms with Crippen LogP contribution in [0.3, 0.4) is 0 Å². The summed E-state index contributed by atoms with van der Waals surface area (Å²) in [7, 11) is 0. The molecule has 0 aliphatic carbocycles. The molecule has 4 atom stereocenters. The molecule has 2 heterocycles. The number of quaternary nitrogens is 1. The van der Waals surface area contributed by atoms with E-state index in [9.17, 15) is 4.79 Å². The highest BCUT2D eigenvalue weighted by Gasteiger charge is 2.38. The summed E-state index contributed by atoms with van der Waals surface area (Å²) >= 11 is 0. The maximum Gasteiger partial charge on any atom is 0.338 e. The van der Waals surface area contributed by atoms with Crippen LogP contribution in [0.2, 0.25) is 0 Å². The third-order valence-corrected chi connectivity index (χ3v) is 5.02. The second kappa shape index (κ2) is 7.01. The first-order chi connectivity index (χ1) is 11.1. The third-order valence-electron chi connectivity index (χ3n) is 5.02. The largest absolute Gasteiger partial charge is 0.463 e. The van der Waals surface area contributed by atoms with Crippen LogP contribution in [-0.2, 0) is 11.3 Å². The minimum absolute atomic E-state index is 0.0157. The zero-order chi connectivity index (χ0) is 16.2. The fourth-order valence-corrected chi connectivity index (χ4v) is 3.34. The van der Waals surface area contributed by atoms with E-state index in [1.165, 1.54) is 4.90 Å². The van der Waals surface area contributed by atoms with Crippen LogP contribution in [0.1, 0.15) is 36.4 Å². The van der Waals surface area contributed by atoms with Crippen LogP contribution in [-0.4, -0.2) is 24.7 Å². The van der Waals surface area contributed by atoms with Crippen LogP contribution in [0.5, 0.6) is 0 Å². The van der Waals surface area contributed by atoms with Crippen LogP contribution in [0.4, 0.5) is 0 Å². The summed E-state index contributed by atoms with van der Waals surface area (Å²) in [5, 5.41) is 0. The minimum atomic E-state index is -0.218. The van der Waals surface area contributed by atoms with Gasteiger partial charge < -0.3 is 14.1 Å². The van der Waals surface area contributed by atoms with Crippen molar-refractivity contribution in [2.45, 2.75) is 39.0 Å². The highest BCUT2D eigenvalue weighted by atomic mass is 16.5. The van der Waals surface area contributed by atoms with Gasteiger partial charge in [0.25, 0.3) is 0 Å². The van der Waals surface area contributed by atoms with Gasteiger partial charge in [-0.05, 0) is 31.2 Å². The second-order valence-corrected chi connectivity index (χ2v) is 6.41. The number of furan rings is 1. The molecule has 3 rings (SSSR count). The molecule has 1 fully saturated rings. The smallest absolute Gasteiger partial charge is 0.338 e. The zero-order valence-electron chi connectivity index (χ0n) is 13.7. The number of likely N-dealkylation sites (tertiary alicyclic amines) is 1. The van der Waals surface area contributed by atoms with Gasteiger partial charge >= 0.3 is 5.97 Å². The lowest BCUT2D eigenvalue weighted by Gasteiger charge is -2.39. The zero-order valence-corrected chi connectivity index (χ0v) is 13.7. The molecule has 1 aliphatic rings. The van der Waals surface area contributed by atoms with Gasteiger partial charge in [-0.1, -0.05) is 25.1 Å². The van der Waals surface area contributed by atoms with E-state index < -0.39 is 0 Å². The lowest BCUT2D eigenvalue weighted by molar-refractivity contribution is -0.947. The SMILES string of the molecule is C[C@@H]1[C@H](OC(=O)c2ccccc2)CC[NH+](Cc2ccco2)[C@H]1C. The van der Waals surface area contributed by atoms with Crippen molar-refractivity contribution in [3.63, 3.8) is 0 Å². The molecular formula is C19H24NO3+. The summed E-state index contributed by atoms with van der Waals surface area (Å²) in [4.78, 5) is 13.7. The molecule has 0 bridgehead atoms. The highest BCUT2D eigenvalue weighted by Crippen LogP contribution is 2.19. The molecule has 1 aromatic carbocycles. The highest BCUT2D eigenvalue weighted by molar-refractivity contribution is 5.89. The molecule has 1 aliphatic heterocycles. The molecule has 0 saturated carbocycles. The number of esters is 1. The number of nitrogens with one attached hydrogen (secondary N) is 1. The van der Waals surface area contributed by atoms with Crippen molar-refractivity contribution < 1.29 is 18.8 Å². The molecule has 1 aromatic heterocycles. The Morgan fingerprint density at radius 2 is 2.00 bits per heavy atom. The van der Waals surface area contributed by atoms with Gasteiger partial charge in [0.15, 0.2) is 5.76 Å². The first kappa shape index (κ1) is 15.8. The standard InChI is InChI=1S/C19H23NO3/c1-14-15(2)20(13-17-9-6-12-22-17)11-10-18(14)23-19(21)16-7-4-3-5-8-16/h3-9,12,14-15,18H,10-11,13H2,1-2H3/p+1/t14-,15-,18+/m0/s1. The molecule has 4 nitrogen and oxygen atoms in total. The Balaban J connectivity index is 1.60. The van der Waals surface area contributed by atoms with Crippen molar-refractivity contribution in [2.24, 2.45) is 5.92 Å². The molecular weight excluding hydrogens is 290 g/mol. The van der Waals surface area contributed by atoms with Gasteiger partial charge in [-0.25, -0.2) is 4.79 Å². The Bertz CT molecular complexity index is 623. The molecule has 4 heteroatoms. The van der Waals surface area contributed by atoms with Gasteiger partial charge in [0.1, 0.15) is 12.6 Å². The number of hydrogen-bond acceptors (Lipinski definition) is 3. The molecule has 0 amide bonds. The van der Waals surface area contributed by atoms with Crippen LogP contribution in [0, 0.1) is 5.92 Å². The summed E-state index contributed by atoms with van der Waals surface area (Å²) in [5.41, 5.74) is 0.623. The molecule has 0 radical (unpaired) electrons. The van der Waals surface area contributed by atoms with E-state index in [0.29, 0.717) is 17.5 Å². The van der Waals surface area contributed by atoms with E-state index in [1.54, 1.807) is 18.4 Å². The number of benzene rings is 1. The van der Waals surface area contributed by atoms with E-state index in [-0.39, 0.29) is 12.1 Å². The van der Waals surface area contributed by atoms with Gasteiger partial charge in [0, 0.05) is 12.3 Å². The number of ether oxygens (including phenoxy) is 1. The fraction of sp³-hybridized carbons (Fsp3) is 0.421. The maximum absolute atomic E-state index is 12.3. The van der Waals surface area contributed by atoms with Crippen molar-refractivity contribution in [1.82, 2.24) is 0 Å². The van der Waals surface area contributed by atoms with Gasteiger partial charge in [-0.2, -0.15) is 0 Å². The molecule has 23 heavy (non-hydrogen) atoms. The Labute approximate surface area is 137 Å². The van der Waals surface area contributed by atoms with Crippen LogP contribution in [0.15, 0.2) is 53.1 Å². The predicted molar refractivity (Wildman–Crippen MR) is 87.1 cm³/mol. The first-order valence-corrected chi connectivity index (χ1v) is 8.28. The first-order valence-electron chi connectivity index (χ1n) is 8.28. The molecule has 1 N–H and O–H groups in total. The molecule has 1 unspecified atom stereocenters. The fourth-order valence-electron chi connectivity index (χ4n) is 3.34. The van der Waals surface area contributed by atoms with Crippen molar-refractivity contribution in [3.05, 3.63) is 60.1 Å². The second-order valence-electron chi connectivity index (χ2n) is 6.41. The summed E-state index contributed by atoms with van der Waals surface area (Å²) < 4.78 is 11.2. The number of piperidine rings is 1.